The SMILES string of the molecule is CCC(O)COc1ccc(CO)cc1C(F)(F)F. The van der Waals surface area contributed by atoms with Crippen molar-refractivity contribution in [3.8, 4) is 5.75 Å². The lowest BCUT2D eigenvalue weighted by Gasteiger charge is -2.16. The van der Waals surface area contributed by atoms with Gasteiger partial charge in [-0.1, -0.05) is 13.0 Å². The third-order valence-corrected chi connectivity index (χ3v) is 2.43. The van der Waals surface area contributed by atoms with Crippen LogP contribution in [0.2, 0.25) is 0 Å². The third-order valence-electron chi connectivity index (χ3n) is 2.43. The minimum Gasteiger partial charge on any atom is -0.490 e. The van der Waals surface area contributed by atoms with E-state index in [9.17, 15) is 18.3 Å². The van der Waals surface area contributed by atoms with Crippen LogP contribution in [-0.2, 0) is 12.8 Å². The topological polar surface area (TPSA) is 49.7 Å². The van der Waals surface area contributed by atoms with E-state index >= 15 is 0 Å². The van der Waals surface area contributed by atoms with Gasteiger partial charge >= 0.3 is 6.18 Å². The number of hydrogen-bond donors (Lipinski definition) is 2. The second kappa shape index (κ2) is 6.06. The van der Waals surface area contributed by atoms with E-state index in [-0.39, 0.29) is 17.9 Å². The van der Waals surface area contributed by atoms with Gasteiger partial charge in [0.05, 0.1) is 18.3 Å². The molecule has 0 aromatic heterocycles. The van der Waals surface area contributed by atoms with E-state index in [1.807, 2.05) is 0 Å². The fraction of sp³-hybridized carbons (Fsp3) is 0.500. The molecule has 0 fully saturated rings. The van der Waals surface area contributed by atoms with E-state index in [4.69, 9.17) is 9.84 Å². The summed E-state index contributed by atoms with van der Waals surface area (Å²) in [7, 11) is 0. The van der Waals surface area contributed by atoms with E-state index in [0.29, 0.717) is 6.42 Å². The van der Waals surface area contributed by atoms with Crippen LogP contribution in [0.5, 0.6) is 5.75 Å². The predicted molar refractivity (Wildman–Crippen MR) is 59.2 cm³/mol. The standard InChI is InChI=1S/C12H15F3O3/c1-2-9(17)7-18-11-4-3-8(6-16)5-10(11)12(13,14)15/h3-5,9,16-17H,2,6-7H2,1H3. The van der Waals surface area contributed by atoms with Gasteiger partial charge in [0.25, 0.3) is 0 Å². The molecule has 1 aromatic carbocycles. The van der Waals surface area contributed by atoms with Crippen LogP contribution in [0.15, 0.2) is 18.2 Å². The Morgan fingerprint density at radius 3 is 2.50 bits per heavy atom. The molecule has 1 unspecified atom stereocenters. The maximum atomic E-state index is 12.7. The zero-order valence-electron chi connectivity index (χ0n) is 9.87. The highest BCUT2D eigenvalue weighted by atomic mass is 19.4. The normalized spacial score (nSPS) is 13.4. The number of ether oxygens (including phenoxy) is 1. The molecule has 0 saturated carbocycles. The van der Waals surface area contributed by atoms with Crippen LogP contribution in [0.25, 0.3) is 0 Å². The van der Waals surface area contributed by atoms with Crippen molar-refractivity contribution >= 4 is 0 Å². The Labute approximate surface area is 103 Å². The number of hydrogen-bond acceptors (Lipinski definition) is 3. The summed E-state index contributed by atoms with van der Waals surface area (Å²) in [5, 5.41) is 18.1. The van der Waals surface area contributed by atoms with Crippen molar-refractivity contribution in [3.05, 3.63) is 29.3 Å². The van der Waals surface area contributed by atoms with Crippen molar-refractivity contribution in [2.45, 2.75) is 32.2 Å². The molecule has 2 N–H and O–H groups in total. The Bertz CT molecular complexity index is 391. The largest absolute Gasteiger partial charge is 0.490 e. The summed E-state index contributed by atoms with van der Waals surface area (Å²) in [5.41, 5.74) is -0.789. The Kier molecular flexibility index (Phi) is 4.98. The molecule has 18 heavy (non-hydrogen) atoms. The van der Waals surface area contributed by atoms with Gasteiger partial charge in [0.15, 0.2) is 0 Å². The molecular formula is C12H15F3O3. The minimum atomic E-state index is -4.56. The quantitative estimate of drug-likeness (QED) is 0.858. The summed E-state index contributed by atoms with van der Waals surface area (Å²) in [6, 6.07) is 3.34. The van der Waals surface area contributed by atoms with Crippen molar-refractivity contribution in [1.29, 1.82) is 0 Å². The van der Waals surface area contributed by atoms with E-state index in [1.54, 1.807) is 6.92 Å². The summed E-state index contributed by atoms with van der Waals surface area (Å²) in [6.45, 7) is 1.03. The lowest BCUT2D eigenvalue weighted by molar-refractivity contribution is -0.139. The third kappa shape index (κ3) is 3.89. The zero-order chi connectivity index (χ0) is 13.8. The Hall–Kier alpha value is -1.27. The fourth-order valence-electron chi connectivity index (χ4n) is 1.33. The van der Waals surface area contributed by atoms with Crippen molar-refractivity contribution < 1.29 is 28.1 Å². The van der Waals surface area contributed by atoms with Gasteiger partial charge in [0, 0.05) is 0 Å². The van der Waals surface area contributed by atoms with Gasteiger partial charge in [0.2, 0.25) is 0 Å². The minimum absolute atomic E-state index is 0.158. The highest BCUT2D eigenvalue weighted by Gasteiger charge is 2.34. The summed E-state index contributed by atoms with van der Waals surface area (Å²) in [6.07, 6.45) is -4.96. The molecule has 1 atom stereocenters. The van der Waals surface area contributed by atoms with Gasteiger partial charge in [-0.15, -0.1) is 0 Å². The van der Waals surface area contributed by atoms with Gasteiger partial charge in [-0.2, -0.15) is 13.2 Å². The Morgan fingerprint density at radius 2 is 2.00 bits per heavy atom. The van der Waals surface area contributed by atoms with Crippen molar-refractivity contribution in [3.63, 3.8) is 0 Å². The molecule has 0 spiro atoms. The predicted octanol–water partition coefficient (Wildman–Crippen LogP) is 2.35. The van der Waals surface area contributed by atoms with E-state index < -0.39 is 24.5 Å². The van der Waals surface area contributed by atoms with Gasteiger partial charge in [-0.3, -0.25) is 0 Å². The lowest BCUT2D eigenvalue weighted by atomic mass is 10.1. The number of alkyl halides is 3. The monoisotopic (exact) mass is 264 g/mol. The number of rotatable bonds is 5. The van der Waals surface area contributed by atoms with Crippen molar-refractivity contribution in [1.82, 2.24) is 0 Å². The molecule has 0 radical (unpaired) electrons. The molecule has 1 rings (SSSR count). The molecule has 6 heteroatoms. The molecule has 0 saturated heterocycles. The molecular weight excluding hydrogens is 249 g/mol. The first-order valence-electron chi connectivity index (χ1n) is 5.50. The molecule has 3 nitrogen and oxygen atoms in total. The smallest absolute Gasteiger partial charge is 0.419 e. The molecule has 0 aliphatic rings. The van der Waals surface area contributed by atoms with Gasteiger partial charge in [0.1, 0.15) is 12.4 Å². The van der Waals surface area contributed by atoms with Crippen LogP contribution in [0.3, 0.4) is 0 Å². The number of aliphatic hydroxyl groups excluding tert-OH is 2. The van der Waals surface area contributed by atoms with Crippen LogP contribution in [-0.4, -0.2) is 22.9 Å². The Morgan fingerprint density at radius 1 is 1.33 bits per heavy atom. The maximum absolute atomic E-state index is 12.7. The van der Waals surface area contributed by atoms with Crippen LogP contribution in [0, 0.1) is 0 Å². The van der Waals surface area contributed by atoms with Crippen LogP contribution in [0.1, 0.15) is 24.5 Å². The first-order valence-corrected chi connectivity index (χ1v) is 5.50. The average molecular weight is 264 g/mol. The number of halogens is 3. The summed E-state index contributed by atoms with van der Waals surface area (Å²) < 4.78 is 43.2. The van der Waals surface area contributed by atoms with Crippen LogP contribution < -0.4 is 4.74 Å². The molecule has 0 amide bonds. The second-order valence-electron chi connectivity index (χ2n) is 3.86. The molecule has 0 heterocycles. The Balaban J connectivity index is 2.96. The van der Waals surface area contributed by atoms with E-state index in [0.717, 1.165) is 12.1 Å². The molecule has 0 aliphatic heterocycles. The lowest BCUT2D eigenvalue weighted by Crippen LogP contribution is -2.18. The van der Waals surface area contributed by atoms with Gasteiger partial charge in [-0.05, 0) is 24.1 Å². The number of benzene rings is 1. The average Bonchev–Trinajstić information content (AvgIpc) is 2.34. The maximum Gasteiger partial charge on any atom is 0.419 e. The van der Waals surface area contributed by atoms with Gasteiger partial charge < -0.3 is 14.9 Å². The summed E-state index contributed by atoms with van der Waals surface area (Å²) in [5.74, 6) is -0.341. The highest BCUT2D eigenvalue weighted by molar-refractivity contribution is 5.39. The van der Waals surface area contributed by atoms with Crippen LogP contribution in [0.4, 0.5) is 13.2 Å². The molecule has 102 valence electrons. The highest BCUT2D eigenvalue weighted by Crippen LogP contribution is 2.36. The van der Waals surface area contributed by atoms with Crippen molar-refractivity contribution in [2.75, 3.05) is 6.61 Å². The number of aliphatic hydroxyl groups is 2. The first-order chi connectivity index (χ1) is 8.38. The fourth-order valence-corrected chi connectivity index (χ4v) is 1.33. The second-order valence-corrected chi connectivity index (χ2v) is 3.86. The zero-order valence-corrected chi connectivity index (χ0v) is 9.87. The molecule has 0 aliphatic carbocycles. The van der Waals surface area contributed by atoms with Crippen LogP contribution >= 0.6 is 0 Å². The summed E-state index contributed by atoms with van der Waals surface area (Å²) in [4.78, 5) is 0. The van der Waals surface area contributed by atoms with E-state index in [1.165, 1.54) is 6.07 Å². The summed E-state index contributed by atoms with van der Waals surface area (Å²) >= 11 is 0. The molecule has 1 aromatic rings. The van der Waals surface area contributed by atoms with Gasteiger partial charge in [-0.25, -0.2) is 0 Å². The first kappa shape index (κ1) is 14.8. The molecule has 0 bridgehead atoms. The van der Waals surface area contributed by atoms with Crippen molar-refractivity contribution in [2.24, 2.45) is 0 Å². The van der Waals surface area contributed by atoms with E-state index in [2.05, 4.69) is 0 Å².